The SMILES string of the molecule is CCC(C)n1cc(C)c2c(C=O)cc(-c3ccc(N4CCN(C)CC4)nc3)cc21. The summed E-state index contributed by atoms with van der Waals surface area (Å²) in [5.74, 6) is 1.03. The minimum absolute atomic E-state index is 0.388. The molecule has 0 saturated carbocycles. The van der Waals surface area contributed by atoms with Crippen molar-refractivity contribution in [3.05, 3.63) is 47.8 Å². The molecular weight excluding hydrogens is 360 g/mol. The molecule has 5 nitrogen and oxygen atoms in total. The van der Waals surface area contributed by atoms with Gasteiger partial charge in [-0.05, 0) is 62.7 Å². The van der Waals surface area contributed by atoms with Gasteiger partial charge in [-0.15, -0.1) is 0 Å². The van der Waals surface area contributed by atoms with E-state index in [-0.39, 0.29) is 0 Å². The van der Waals surface area contributed by atoms with E-state index in [0.717, 1.165) is 77.9 Å². The van der Waals surface area contributed by atoms with Crippen LogP contribution in [-0.4, -0.2) is 54.0 Å². The molecule has 1 saturated heterocycles. The van der Waals surface area contributed by atoms with Gasteiger partial charge in [-0.25, -0.2) is 4.98 Å². The number of hydrogen-bond acceptors (Lipinski definition) is 4. The predicted molar refractivity (Wildman–Crippen MR) is 120 cm³/mol. The van der Waals surface area contributed by atoms with Crippen molar-refractivity contribution in [1.82, 2.24) is 14.5 Å². The van der Waals surface area contributed by atoms with Crippen LogP contribution in [0.2, 0.25) is 0 Å². The normalized spacial score (nSPS) is 16.3. The standard InChI is InChI=1S/C24H30N4O/c1-5-18(3)28-15-17(2)24-21(16-29)12-20(13-22(24)28)19-6-7-23(25-14-19)27-10-8-26(4)9-11-27/h6-7,12-16,18H,5,8-11H2,1-4H3. The highest BCUT2D eigenvalue weighted by Crippen LogP contribution is 2.33. The highest BCUT2D eigenvalue weighted by Gasteiger charge is 2.17. The highest BCUT2D eigenvalue weighted by molar-refractivity contribution is 6.02. The van der Waals surface area contributed by atoms with Gasteiger partial charge in [0, 0.05) is 66.6 Å². The maximum Gasteiger partial charge on any atom is 0.150 e. The van der Waals surface area contributed by atoms with Crippen LogP contribution in [0.25, 0.3) is 22.0 Å². The highest BCUT2D eigenvalue weighted by atomic mass is 16.1. The maximum absolute atomic E-state index is 11.9. The van der Waals surface area contributed by atoms with Crippen LogP contribution >= 0.6 is 0 Å². The van der Waals surface area contributed by atoms with Crippen LogP contribution in [0.5, 0.6) is 0 Å². The fourth-order valence-electron chi connectivity index (χ4n) is 4.23. The topological polar surface area (TPSA) is 41.4 Å². The molecule has 29 heavy (non-hydrogen) atoms. The van der Waals surface area contributed by atoms with Gasteiger partial charge in [0.15, 0.2) is 6.29 Å². The van der Waals surface area contributed by atoms with Crippen LogP contribution in [0.3, 0.4) is 0 Å². The number of fused-ring (bicyclic) bond motifs is 1. The van der Waals surface area contributed by atoms with Crippen molar-refractivity contribution in [1.29, 1.82) is 0 Å². The number of benzene rings is 1. The van der Waals surface area contributed by atoms with E-state index in [4.69, 9.17) is 4.98 Å². The number of hydrogen-bond donors (Lipinski definition) is 0. The van der Waals surface area contributed by atoms with Crippen LogP contribution in [0.4, 0.5) is 5.82 Å². The Morgan fingerprint density at radius 1 is 1.14 bits per heavy atom. The zero-order chi connectivity index (χ0) is 20.5. The van der Waals surface area contributed by atoms with Crippen molar-refractivity contribution in [2.75, 3.05) is 38.1 Å². The van der Waals surface area contributed by atoms with Gasteiger partial charge in [-0.1, -0.05) is 6.92 Å². The maximum atomic E-state index is 11.9. The van der Waals surface area contributed by atoms with E-state index in [0.29, 0.717) is 6.04 Å². The fraction of sp³-hybridized carbons (Fsp3) is 0.417. The lowest BCUT2D eigenvalue weighted by atomic mass is 10.00. The second-order valence-corrected chi connectivity index (χ2v) is 8.25. The molecule has 5 heteroatoms. The van der Waals surface area contributed by atoms with Crippen molar-refractivity contribution in [3.63, 3.8) is 0 Å². The summed E-state index contributed by atoms with van der Waals surface area (Å²) in [7, 11) is 2.16. The van der Waals surface area contributed by atoms with Crippen molar-refractivity contribution in [3.8, 4) is 11.1 Å². The Labute approximate surface area is 172 Å². The summed E-state index contributed by atoms with van der Waals surface area (Å²) in [4.78, 5) is 21.3. The van der Waals surface area contributed by atoms with Gasteiger partial charge < -0.3 is 14.4 Å². The van der Waals surface area contributed by atoms with Gasteiger partial charge in [0.1, 0.15) is 5.82 Å². The van der Waals surface area contributed by atoms with Gasteiger partial charge in [0.2, 0.25) is 0 Å². The number of likely N-dealkylation sites (N-methyl/N-ethyl adjacent to an activating group) is 1. The van der Waals surface area contributed by atoms with Crippen LogP contribution in [-0.2, 0) is 0 Å². The van der Waals surface area contributed by atoms with Crippen LogP contribution in [0.15, 0.2) is 36.7 Å². The zero-order valence-corrected chi connectivity index (χ0v) is 17.9. The number of rotatable bonds is 5. The molecule has 1 aliphatic heterocycles. The third-order valence-corrected chi connectivity index (χ3v) is 6.25. The summed E-state index contributed by atoms with van der Waals surface area (Å²) < 4.78 is 2.30. The number of carbonyl (C=O) groups excluding carboxylic acids is 1. The summed E-state index contributed by atoms with van der Waals surface area (Å²) in [5.41, 5.74) is 5.11. The van der Waals surface area contributed by atoms with Crippen LogP contribution < -0.4 is 4.90 Å². The Morgan fingerprint density at radius 3 is 2.52 bits per heavy atom. The Bertz CT molecular complexity index is 1010. The molecule has 0 aliphatic carbocycles. The Morgan fingerprint density at radius 2 is 1.90 bits per heavy atom. The number of aldehydes is 1. The predicted octanol–water partition coefficient (Wildman–Crippen LogP) is 4.55. The van der Waals surface area contributed by atoms with E-state index < -0.39 is 0 Å². The van der Waals surface area contributed by atoms with Gasteiger partial charge in [0.05, 0.1) is 0 Å². The lowest BCUT2D eigenvalue weighted by Gasteiger charge is -2.33. The van der Waals surface area contributed by atoms with Crippen molar-refractivity contribution >= 4 is 23.0 Å². The minimum Gasteiger partial charge on any atom is -0.354 e. The first-order valence-corrected chi connectivity index (χ1v) is 10.5. The first kappa shape index (κ1) is 19.6. The molecule has 1 aliphatic rings. The monoisotopic (exact) mass is 390 g/mol. The largest absolute Gasteiger partial charge is 0.354 e. The Hall–Kier alpha value is -2.66. The minimum atomic E-state index is 0.388. The molecule has 1 fully saturated rings. The third kappa shape index (κ3) is 3.67. The number of aryl methyl sites for hydroxylation is 1. The molecule has 4 rings (SSSR count). The first-order chi connectivity index (χ1) is 14.0. The second-order valence-electron chi connectivity index (χ2n) is 8.25. The second kappa shape index (κ2) is 7.99. The third-order valence-electron chi connectivity index (χ3n) is 6.25. The average Bonchev–Trinajstić information content (AvgIpc) is 3.10. The quantitative estimate of drug-likeness (QED) is 0.600. The van der Waals surface area contributed by atoms with E-state index in [1.807, 2.05) is 12.3 Å². The first-order valence-electron chi connectivity index (χ1n) is 10.5. The molecule has 1 atom stereocenters. The van der Waals surface area contributed by atoms with E-state index in [9.17, 15) is 4.79 Å². The number of nitrogens with zero attached hydrogens (tertiary/aromatic N) is 4. The van der Waals surface area contributed by atoms with Gasteiger partial charge >= 0.3 is 0 Å². The molecule has 0 bridgehead atoms. The number of carbonyl (C=O) groups is 1. The van der Waals surface area contributed by atoms with Crippen molar-refractivity contribution in [2.24, 2.45) is 0 Å². The van der Waals surface area contributed by atoms with Crippen LogP contribution in [0.1, 0.15) is 42.2 Å². The molecule has 0 spiro atoms. The fourth-order valence-corrected chi connectivity index (χ4v) is 4.23. The van der Waals surface area contributed by atoms with E-state index in [1.165, 1.54) is 0 Å². The molecule has 1 unspecified atom stereocenters. The van der Waals surface area contributed by atoms with E-state index in [2.05, 4.69) is 66.6 Å². The smallest absolute Gasteiger partial charge is 0.150 e. The Balaban J connectivity index is 1.73. The number of aromatic nitrogens is 2. The summed E-state index contributed by atoms with van der Waals surface area (Å²) in [5, 5.41) is 1.06. The zero-order valence-electron chi connectivity index (χ0n) is 17.9. The number of piperazine rings is 1. The molecule has 0 amide bonds. The summed E-state index contributed by atoms with van der Waals surface area (Å²) in [6.07, 6.45) is 6.13. The van der Waals surface area contributed by atoms with E-state index >= 15 is 0 Å². The lowest BCUT2D eigenvalue weighted by molar-refractivity contribution is 0.112. The lowest BCUT2D eigenvalue weighted by Crippen LogP contribution is -2.44. The molecule has 0 radical (unpaired) electrons. The summed E-state index contributed by atoms with van der Waals surface area (Å²) in [6, 6.07) is 8.81. The van der Waals surface area contributed by atoms with Crippen molar-refractivity contribution < 1.29 is 4.79 Å². The molecule has 3 heterocycles. The molecule has 152 valence electrons. The molecule has 1 aromatic carbocycles. The molecular formula is C24H30N4O. The molecule has 3 aromatic rings. The molecule has 0 N–H and O–H groups in total. The van der Waals surface area contributed by atoms with Gasteiger partial charge in [-0.2, -0.15) is 0 Å². The van der Waals surface area contributed by atoms with Gasteiger partial charge in [0.25, 0.3) is 0 Å². The average molecular weight is 391 g/mol. The van der Waals surface area contributed by atoms with E-state index in [1.54, 1.807) is 0 Å². The summed E-state index contributed by atoms with van der Waals surface area (Å²) >= 11 is 0. The van der Waals surface area contributed by atoms with Crippen LogP contribution in [0, 0.1) is 6.92 Å². The number of pyridine rings is 1. The van der Waals surface area contributed by atoms with Gasteiger partial charge in [-0.3, -0.25) is 4.79 Å². The summed E-state index contributed by atoms with van der Waals surface area (Å²) in [6.45, 7) is 10.6. The Kier molecular flexibility index (Phi) is 5.41. The number of anilines is 1. The van der Waals surface area contributed by atoms with Crippen molar-refractivity contribution in [2.45, 2.75) is 33.2 Å². The molecule has 2 aromatic heterocycles.